The van der Waals surface area contributed by atoms with E-state index in [9.17, 15) is 24.0 Å². The number of carbonyl (C=O) groups excluding carboxylic acids is 5. The van der Waals surface area contributed by atoms with Crippen molar-refractivity contribution in [3.8, 4) is 5.75 Å². The van der Waals surface area contributed by atoms with Crippen LogP contribution in [0.1, 0.15) is 67.2 Å². The number of nitrogens with one attached hydrogen (secondary N) is 1. The van der Waals surface area contributed by atoms with Crippen LogP contribution in [0.4, 0.5) is 0 Å². The Bertz CT molecular complexity index is 913. The lowest BCUT2D eigenvalue weighted by molar-refractivity contribution is -0.155. The maximum Gasteiger partial charge on any atom is 0.306 e. The predicted octanol–water partition coefficient (Wildman–Crippen LogP) is 2.24. The Morgan fingerprint density at radius 2 is 1.87 bits per heavy atom. The van der Waals surface area contributed by atoms with Gasteiger partial charge >= 0.3 is 5.97 Å². The van der Waals surface area contributed by atoms with Gasteiger partial charge in [0, 0.05) is 18.4 Å². The van der Waals surface area contributed by atoms with Gasteiger partial charge in [0.1, 0.15) is 11.4 Å². The van der Waals surface area contributed by atoms with Crippen LogP contribution >= 0.6 is 0 Å². The van der Waals surface area contributed by atoms with Crippen molar-refractivity contribution >= 4 is 29.4 Å². The molecule has 1 heterocycles. The normalized spacial score (nSPS) is 21.3. The molecule has 2 aliphatic rings. The van der Waals surface area contributed by atoms with Crippen molar-refractivity contribution in [3.63, 3.8) is 0 Å². The van der Waals surface area contributed by atoms with E-state index in [1.54, 1.807) is 32.9 Å². The Hall–Kier alpha value is -3.03. The van der Waals surface area contributed by atoms with Crippen LogP contribution < -0.4 is 10.1 Å². The second-order valence-corrected chi connectivity index (χ2v) is 8.48. The van der Waals surface area contributed by atoms with E-state index in [0.29, 0.717) is 6.42 Å². The zero-order valence-electron chi connectivity index (χ0n) is 17.3. The van der Waals surface area contributed by atoms with Crippen molar-refractivity contribution in [2.24, 2.45) is 11.8 Å². The topological polar surface area (TPSA) is 116 Å². The van der Waals surface area contributed by atoms with Crippen LogP contribution in [0, 0.1) is 11.8 Å². The van der Waals surface area contributed by atoms with Crippen LogP contribution in [0.25, 0.3) is 0 Å². The van der Waals surface area contributed by atoms with Gasteiger partial charge in [0.15, 0.2) is 11.6 Å². The Morgan fingerprint density at radius 3 is 2.53 bits per heavy atom. The zero-order valence-corrected chi connectivity index (χ0v) is 17.3. The maximum absolute atomic E-state index is 13.0. The lowest BCUT2D eigenvalue weighted by atomic mass is 9.82. The average Bonchev–Trinajstić information content (AvgIpc) is 2.89. The molecule has 2 atom stereocenters. The van der Waals surface area contributed by atoms with Crippen LogP contribution in [0.3, 0.4) is 0 Å². The second-order valence-electron chi connectivity index (χ2n) is 8.48. The molecule has 1 N–H and O–H groups in total. The second kappa shape index (κ2) is 8.38. The van der Waals surface area contributed by atoms with E-state index < -0.39 is 40.8 Å². The number of fused-ring (bicyclic) bond motifs is 1. The minimum Gasteiger partial charge on any atom is -0.493 e. The summed E-state index contributed by atoms with van der Waals surface area (Å²) >= 11 is 0. The lowest BCUT2D eigenvalue weighted by Gasteiger charge is -2.24. The summed E-state index contributed by atoms with van der Waals surface area (Å²) in [5, 5.41) is 2.20. The summed E-state index contributed by atoms with van der Waals surface area (Å²) in [4.78, 5) is 61.2. The predicted molar refractivity (Wildman–Crippen MR) is 105 cm³/mol. The van der Waals surface area contributed by atoms with Gasteiger partial charge in [-0.05, 0) is 39.7 Å². The van der Waals surface area contributed by atoms with Crippen LogP contribution in [0.2, 0.25) is 0 Å². The number of piperidine rings is 1. The Balaban J connectivity index is 1.67. The maximum atomic E-state index is 13.0. The van der Waals surface area contributed by atoms with E-state index in [2.05, 4.69) is 5.32 Å². The fourth-order valence-electron chi connectivity index (χ4n) is 3.74. The third kappa shape index (κ3) is 4.58. The van der Waals surface area contributed by atoms with Crippen molar-refractivity contribution in [1.82, 2.24) is 5.32 Å². The van der Waals surface area contributed by atoms with Crippen LogP contribution in [0.5, 0.6) is 5.75 Å². The van der Waals surface area contributed by atoms with Gasteiger partial charge in [0.2, 0.25) is 11.8 Å². The highest BCUT2D eigenvalue weighted by molar-refractivity contribution is 6.29. The number of amides is 2. The number of ether oxygens (including phenoxy) is 2. The molecule has 2 unspecified atom stereocenters. The third-order valence-corrected chi connectivity index (χ3v) is 4.99. The van der Waals surface area contributed by atoms with Gasteiger partial charge in [-0.3, -0.25) is 29.3 Å². The molecular formula is C22H25NO7. The number of hydrogen-bond acceptors (Lipinski definition) is 7. The molecule has 8 nitrogen and oxygen atoms in total. The first-order chi connectivity index (χ1) is 14.1. The number of Topliss-reactive ketones (excluding diaryl/α,β-unsaturated/α-hetero) is 2. The Morgan fingerprint density at radius 1 is 1.13 bits per heavy atom. The molecule has 1 aromatic carbocycles. The first kappa shape index (κ1) is 21.7. The molecule has 1 aliphatic heterocycles. The number of imide groups is 1. The molecule has 0 saturated carbocycles. The SMILES string of the molecule is CC(C)(C)OC(=O)CCCOc1cccc2c1C(=O)C(C1CCC(=O)NC1=O)C2=O. The van der Waals surface area contributed by atoms with E-state index in [0.717, 1.165) is 0 Å². The number of benzene rings is 1. The van der Waals surface area contributed by atoms with E-state index in [-0.39, 0.29) is 48.7 Å². The van der Waals surface area contributed by atoms with Gasteiger partial charge in [-0.15, -0.1) is 0 Å². The van der Waals surface area contributed by atoms with E-state index in [4.69, 9.17) is 9.47 Å². The van der Waals surface area contributed by atoms with E-state index >= 15 is 0 Å². The smallest absolute Gasteiger partial charge is 0.306 e. The Labute approximate surface area is 174 Å². The van der Waals surface area contributed by atoms with Crippen molar-refractivity contribution in [2.45, 2.75) is 52.1 Å². The first-order valence-electron chi connectivity index (χ1n) is 9.98. The fraction of sp³-hybridized carbons (Fsp3) is 0.500. The summed E-state index contributed by atoms with van der Waals surface area (Å²) in [5.74, 6) is -3.98. The first-order valence-corrected chi connectivity index (χ1v) is 9.98. The van der Waals surface area contributed by atoms with Crippen molar-refractivity contribution in [3.05, 3.63) is 29.3 Å². The molecule has 1 saturated heterocycles. The molecule has 30 heavy (non-hydrogen) atoms. The molecule has 3 rings (SSSR count). The minimum atomic E-state index is -1.14. The molecule has 0 aromatic heterocycles. The monoisotopic (exact) mass is 415 g/mol. The summed E-state index contributed by atoms with van der Waals surface area (Å²) in [5.41, 5.74) is -0.176. The van der Waals surface area contributed by atoms with Gasteiger partial charge < -0.3 is 9.47 Å². The molecule has 0 spiro atoms. The summed E-state index contributed by atoms with van der Waals surface area (Å²) in [6.45, 7) is 5.53. The lowest BCUT2D eigenvalue weighted by Crippen LogP contribution is -2.46. The molecule has 8 heteroatoms. The number of ketones is 2. The average molecular weight is 415 g/mol. The van der Waals surface area contributed by atoms with Gasteiger partial charge in [0.25, 0.3) is 0 Å². The molecule has 2 amide bonds. The van der Waals surface area contributed by atoms with Gasteiger partial charge in [-0.2, -0.15) is 0 Å². The van der Waals surface area contributed by atoms with E-state index in [1.165, 1.54) is 6.07 Å². The highest BCUT2D eigenvalue weighted by Crippen LogP contribution is 2.39. The van der Waals surface area contributed by atoms with Gasteiger partial charge in [0.05, 0.1) is 24.0 Å². The summed E-state index contributed by atoms with van der Waals surface area (Å²) < 4.78 is 10.9. The third-order valence-electron chi connectivity index (χ3n) is 4.99. The van der Waals surface area contributed by atoms with Crippen LogP contribution in [-0.2, 0) is 19.1 Å². The summed E-state index contributed by atoms with van der Waals surface area (Å²) in [6.07, 6.45) is 0.806. The highest BCUT2D eigenvalue weighted by Gasteiger charge is 2.48. The summed E-state index contributed by atoms with van der Waals surface area (Å²) in [7, 11) is 0. The fourth-order valence-corrected chi connectivity index (χ4v) is 3.74. The standard InChI is InChI=1S/C22H25NO7/c1-22(2,3)30-16(25)8-5-11-29-14-7-4-6-12-17(14)20(27)18(19(12)26)13-9-10-15(24)23-21(13)28/h4,6-7,13,18H,5,8-11H2,1-3H3,(H,23,24,28). The quantitative estimate of drug-likeness (QED) is 0.328. The number of esters is 1. The number of hydrogen-bond donors (Lipinski definition) is 1. The Kier molecular flexibility index (Phi) is 6.05. The molecule has 1 aromatic rings. The van der Waals surface area contributed by atoms with Gasteiger partial charge in [-0.1, -0.05) is 12.1 Å². The van der Waals surface area contributed by atoms with Crippen molar-refractivity contribution < 1.29 is 33.4 Å². The van der Waals surface area contributed by atoms with E-state index in [1.807, 2.05) is 0 Å². The zero-order chi connectivity index (χ0) is 22.1. The minimum absolute atomic E-state index is 0.0951. The van der Waals surface area contributed by atoms with Crippen LogP contribution in [-0.4, -0.2) is 41.6 Å². The molecule has 1 aliphatic carbocycles. The summed E-state index contributed by atoms with van der Waals surface area (Å²) in [6, 6.07) is 4.74. The van der Waals surface area contributed by atoms with Gasteiger partial charge in [-0.25, -0.2) is 0 Å². The largest absolute Gasteiger partial charge is 0.493 e. The molecular weight excluding hydrogens is 390 g/mol. The molecule has 160 valence electrons. The number of rotatable bonds is 6. The highest BCUT2D eigenvalue weighted by atomic mass is 16.6. The molecule has 0 bridgehead atoms. The molecule has 1 fully saturated rings. The van der Waals surface area contributed by atoms with Crippen molar-refractivity contribution in [2.75, 3.05) is 6.61 Å². The van der Waals surface area contributed by atoms with Crippen LogP contribution in [0.15, 0.2) is 18.2 Å². The molecule has 0 radical (unpaired) electrons. The number of carbonyl (C=O) groups is 5. The van der Waals surface area contributed by atoms with Crippen molar-refractivity contribution in [1.29, 1.82) is 0 Å².